The van der Waals surface area contributed by atoms with Crippen molar-refractivity contribution in [3.63, 3.8) is 0 Å². The summed E-state index contributed by atoms with van der Waals surface area (Å²) in [6.07, 6.45) is 4.03. The topological polar surface area (TPSA) is 109 Å². The van der Waals surface area contributed by atoms with E-state index in [1.54, 1.807) is 14.0 Å². The minimum absolute atomic E-state index is 0.0792. The van der Waals surface area contributed by atoms with Crippen molar-refractivity contribution in [2.24, 2.45) is 5.92 Å². The fourth-order valence-corrected chi connectivity index (χ4v) is 2.64. The van der Waals surface area contributed by atoms with E-state index in [-0.39, 0.29) is 24.9 Å². The molecule has 1 fully saturated rings. The van der Waals surface area contributed by atoms with Crippen molar-refractivity contribution in [3.05, 3.63) is 12.7 Å². The quantitative estimate of drug-likeness (QED) is 0.791. The van der Waals surface area contributed by atoms with Gasteiger partial charge in [-0.25, -0.2) is 9.67 Å². The van der Waals surface area contributed by atoms with Gasteiger partial charge in [0, 0.05) is 20.1 Å². The minimum atomic E-state index is -0.883. The van der Waals surface area contributed by atoms with Gasteiger partial charge in [-0.3, -0.25) is 14.4 Å². The van der Waals surface area contributed by atoms with E-state index in [1.807, 2.05) is 0 Å². The maximum absolute atomic E-state index is 12.3. The summed E-state index contributed by atoms with van der Waals surface area (Å²) in [7, 11) is 1.55. The molecular weight excluding hydrogens is 302 g/mol. The summed E-state index contributed by atoms with van der Waals surface area (Å²) < 4.78 is 1.42. The van der Waals surface area contributed by atoms with Crippen LogP contribution in [0.4, 0.5) is 0 Å². The van der Waals surface area contributed by atoms with Gasteiger partial charge in [0.05, 0.1) is 12.5 Å². The number of aromatic nitrogens is 3. The van der Waals surface area contributed by atoms with Crippen molar-refractivity contribution in [1.29, 1.82) is 0 Å². The van der Waals surface area contributed by atoms with E-state index in [0.717, 1.165) is 0 Å². The lowest BCUT2D eigenvalue weighted by atomic mass is 9.98. The van der Waals surface area contributed by atoms with Crippen LogP contribution >= 0.6 is 0 Å². The molecule has 2 unspecified atom stereocenters. The van der Waals surface area contributed by atoms with Crippen molar-refractivity contribution in [2.75, 3.05) is 26.7 Å². The average molecular weight is 323 g/mol. The number of carboxylic acid groups (broad SMARTS) is 1. The molecule has 0 radical (unpaired) electrons. The van der Waals surface area contributed by atoms with E-state index in [1.165, 1.54) is 27.1 Å². The summed E-state index contributed by atoms with van der Waals surface area (Å²) in [5.74, 6) is -1.90. The van der Waals surface area contributed by atoms with Gasteiger partial charge in [-0.05, 0) is 19.8 Å². The Morgan fingerprint density at radius 2 is 2.17 bits per heavy atom. The molecule has 2 amide bonds. The Balaban J connectivity index is 1.91. The molecule has 9 heteroatoms. The zero-order valence-corrected chi connectivity index (χ0v) is 13.3. The van der Waals surface area contributed by atoms with Crippen LogP contribution in [-0.4, -0.2) is 74.1 Å². The van der Waals surface area contributed by atoms with Crippen molar-refractivity contribution in [2.45, 2.75) is 25.8 Å². The second-order valence-electron chi connectivity index (χ2n) is 5.76. The van der Waals surface area contributed by atoms with E-state index in [2.05, 4.69) is 10.1 Å². The lowest BCUT2D eigenvalue weighted by Crippen LogP contribution is -2.47. The van der Waals surface area contributed by atoms with Crippen LogP contribution in [-0.2, 0) is 14.4 Å². The van der Waals surface area contributed by atoms with Gasteiger partial charge in [-0.2, -0.15) is 5.10 Å². The smallest absolute Gasteiger partial charge is 0.308 e. The Morgan fingerprint density at radius 1 is 1.43 bits per heavy atom. The summed E-state index contributed by atoms with van der Waals surface area (Å²) >= 11 is 0. The predicted octanol–water partition coefficient (Wildman–Crippen LogP) is -0.379. The number of amides is 2. The first-order chi connectivity index (χ1) is 10.9. The molecule has 0 spiro atoms. The molecule has 0 aliphatic carbocycles. The van der Waals surface area contributed by atoms with E-state index < -0.39 is 17.9 Å². The molecule has 0 aromatic carbocycles. The van der Waals surface area contributed by atoms with Crippen molar-refractivity contribution >= 4 is 17.8 Å². The lowest BCUT2D eigenvalue weighted by Gasteiger charge is -2.32. The Labute approximate surface area is 133 Å². The monoisotopic (exact) mass is 323 g/mol. The highest BCUT2D eigenvalue weighted by molar-refractivity contribution is 5.86. The Bertz CT molecular complexity index is 574. The number of carboxylic acids is 1. The van der Waals surface area contributed by atoms with Crippen LogP contribution in [0.2, 0.25) is 0 Å². The third-order valence-corrected chi connectivity index (χ3v) is 4.06. The number of likely N-dealkylation sites (tertiary alicyclic amines) is 1. The zero-order chi connectivity index (χ0) is 17.0. The van der Waals surface area contributed by atoms with E-state index in [9.17, 15) is 14.4 Å². The van der Waals surface area contributed by atoms with Gasteiger partial charge < -0.3 is 14.9 Å². The second-order valence-corrected chi connectivity index (χ2v) is 5.76. The van der Waals surface area contributed by atoms with Crippen LogP contribution in [0, 0.1) is 5.92 Å². The van der Waals surface area contributed by atoms with Crippen molar-refractivity contribution in [1.82, 2.24) is 24.6 Å². The summed E-state index contributed by atoms with van der Waals surface area (Å²) in [6, 6.07) is -0.552. The van der Waals surface area contributed by atoms with Crippen molar-refractivity contribution < 1.29 is 19.5 Å². The van der Waals surface area contributed by atoms with Gasteiger partial charge >= 0.3 is 5.97 Å². The van der Waals surface area contributed by atoms with Crippen LogP contribution in [0.15, 0.2) is 12.7 Å². The molecule has 1 aromatic rings. The normalized spacial score (nSPS) is 19.2. The van der Waals surface area contributed by atoms with Gasteiger partial charge in [0.2, 0.25) is 11.8 Å². The van der Waals surface area contributed by atoms with Gasteiger partial charge in [-0.15, -0.1) is 0 Å². The third-order valence-electron chi connectivity index (χ3n) is 4.06. The van der Waals surface area contributed by atoms with Crippen LogP contribution in [0.1, 0.15) is 25.8 Å². The highest BCUT2D eigenvalue weighted by Crippen LogP contribution is 2.17. The second kappa shape index (κ2) is 7.21. The first-order valence-electron chi connectivity index (χ1n) is 7.49. The molecule has 126 valence electrons. The lowest BCUT2D eigenvalue weighted by molar-refractivity contribution is -0.147. The molecular formula is C14H21N5O4. The molecule has 0 bridgehead atoms. The number of nitrogens with zero attached hydrogens (tertiary/aromatic N) is 5. The molecule has 2 rings (SSSR count). The Morgan fingerprint density at radius 3 is 2.78 bits per heavy atom. The van der Waals surface area contributed by atoms with E-state index in [4.69, 9.17) is 5.11 Å². The van der Waals surface area contributed by atoms with Gasteiger partial charge in [-0.1, -0.05) is 0 Å². The molecule has 1 aromatic heterocycles. The molecule has 1 aliphatic rings. The average Bonchev–Trinajstić information content (AvgIpc) is 3.07. The Kier molecular flexibility index (Phi) is 5.30. The fraction of sp³-hybridized carbons (Fsp3) is 0.643. The van der Waals surface area contributed by atoms with Crippen molar-refractivity contribution in [3.8, 4) is 0 Å². The number of aliphatic carboxylic acids is 1. The molecule has 1 aliphatic heterocycles. The summed E-state index contributed by atoms with van der Waals surface area (Å²) in [4.78, 5) is 42.3. The first-order valence-corrected chi connectivity index (χ1v) is 7.49. The zero-order valence-electron chi connectivity index (χ0n) is 13.3. The van der Waals surface area contributed by atoms with E-state index >= 15 is 0 Å². The highest BCUT2D eigenvalue weighted by Gasteiger charge is 2.29. The number of carbonyl (C=O) groups excluding carboxylic acids is 2. The SMILES string of the molecule is CC(C(=O)N(C)CC(=O)N1CCCC(C(=O)O)C1)n1cncn1. The largest absolute Gasteiger partial charge is 0.481 e. The summed E-state index contributed by atoms with van der Waals surface area (Å²) in [5.41, 5.74) is 0. The van der Waals surface area contributed by atoms with Crippen LogP contribution in [0.5, 0.6) is 0 Å². The number of hydrogen-bond acceptors (Lipinski definition) is 5. The Hall–Kier alpha value is -2.45. The van der Waals surface area contributed by atoms with E-state index in [0.29, 0.717) is 19.4 Å². The maximum Gasteiger partial charge on any atom is 0.308 e. The maximum atomic E-state index is 12.3. The van der Waals surface area contributed by atoms with Gasteiger partial charge in [0.25, 0.3) is 0 Å². The number of piperidine rings is 1. The molecule has 9 nitrogen and oxygen atoms in total. The minimum Gasteiger partial charge on any atom is -0.481 e. The molecule has 0 saturated carbocycles. The third kappa shape index (κ3) is 4.05. The number of carbonyl (C=O) groups is 3. The first kappa shape index (κ1) is 16.9. The molecule has 1 saturated heterocycles. The van der Waals surface area contributed by atoms with Crippen LogP contribution in [0.25, 0.3) is 0 Å². The predicted molar refractivity (Wildman–Crippen MR) is 79.3 cm³/mol. The van der Waals surface area contributed by atoms with Crippen LogP contribution < -0.4 is 0 Å². The summed E-state index contributed by atoms with van der Waals surface area (Å²) in [6.45, 7) is 2.33. The standard InChI is InChI=1S/C14H21N5O4/c1-10(19-9-15-8-16-19)13(21)17(2)7-12(20)18-5-3-4-11(6-18)14(22)23/h8-11H,3-7H2,1-2H3,(H,22,23). The number of rotatable bonds is 5. The van der Waals surface area contributed by atoms with Gasteiger partial charge in [0.15, 0.2) is 0 Å². The highest BCUT2D eigenvalue weighted by atomic mass is 16.4. The van der Waals surface area contributed by atoms with Gasteiger partial charge in [0.1, 0.15) is 18.7 Å². The molecule has 2 heterocycles. The summed E-state index contributed by atoms with van der Waals surface area (Å²) in [5, 5.41) is 13.0. The molecule has 23 heavy (non-hydrogen) atoms. The molecule has 2 atom stereocenters. The number of likely N-dealkylation sites (N-methyl/N-ethyl adjacent to an activating group) is 1. The van der Waals surface area contributed by atoms with Crippen LogP contribution in [0.3, 0.4) is 0 Å². The fourth-order valence-electron chi connectivity index (χ4n) is 2.64. The number of hydrogen-bond donors (Lipinski definition) is 1. The molecule has 1 N–H and O–H groups in total.